The highest BCUT2D eigenvalue weighted by molar-refractivity contribution is 5.68. The zero-order valence-corrected chi connectivity index (χ0v) is 42.6. The van der Waals surface area contributed by atoms with Crippen LogP contribution in [0.15, 0.2) is 24.3 Å². The van der Waals surface area contributed by atoms with E-state index in [1.807, 2.05) is 0 Å². The van der Waals surface area contributed by atoms with E-state index in [4.69, 9.17) is 18.9 Å². The number of rotatable bonds is 8. The third kappa shape index (κ3) is 7.91. The van der Waals surface area contributed by atoms with Crippen molar-refractivity contribution in [3.05, 3.63) is 91.0 Å². The fourth-order valence-corrected chi connectivity index (χ4v) is 11.7. The Morgan fingerprint density at radius 1 is 0.368 bits per heavy atom. The van der Waals surface area contributed by atoms with Crippen LogP contribution in [0.3, 0.4) is 0 Å². The van der Waals surface area contributed by atoms with Crippen molar-refractivity contribution < 1.29 is 39.4 Å². The lowest BCUT2D eigenvalue weighted by Crippen LogP contribution is -2.38. The molecule has 1 aliphatic carbocycles. The van der Waals surface area contributed by atoms with E-state index in [0.717, 1.165) is 66.8 Å². The molecule has 4 aromatic carbocycles. The van der Waals surface area contributed by atoms with Crippen molar-refractivity contribution in [1.82, 2.24) is 19.6 Å². The highest BCUT2D eigenvalue weighted by Crippen LogP contribution is 2.57. The maximum Gasteiger partial charge on any atom is 0.142 e. The number of hydrogen-bond acceptors (Lipinski definition) is 12. The Morgan fingerprint density at radius 3 is 0.721 bits per heavy atom. The van der Waals surface area contributed by atoms with E-state index in [9.17, 15) is 20.4 Å². The van der Waals surface area contributed by atoms with Crippen LogP contribution in [0.25, 0.3) is 0 Å². The van der Waals surface area contributed by atoms with Crippen molar-refractivity contribution >= 4 is 0 Å². The summed E-state index contributed by atoms with van der Waals surface area (Å²) in [6.45, 7) is 29.2. The maximum absolute atomic E-state index is 12.8. The molecule has 4 atom stereocenters. The van der Waals surface area contributed by atoms with E-state index in [2.05, 4.69) is 127 Å². The molecule has 0 fully saturated rings. The van der Waals surface area contributed by atoms with Crippen molar-refractivity contribution in [3.63, 3.8) is 0 Å². The Balaban J connectivity index is 1.43. The number of nitrogens with zero attached hydrogens (tertiary/aromatic N) is 4. The number of phenolic OH excluding ortho intramolecular Hbond substituents is 4. The highest BCUT2D eigenvalue weighted by Gasteiger charge is 2.41. The summed E-state index contributed by atoms with van der Waals surface area (Å²) in [4.78, 5) is 8.89. The molecule has 0 saturated carbocycles. The molecule has 4 heterocycles. The van der Waals surface area contributed by atoms with Crippen LogP contribution in [0, 0.1) is 0 Å². The van der Waals surface area contributed by atoms with Crippen molar-refractivity contribution in [2.45, 2.75) is 183 Å². The number of ether oxygens (including phenoxy) is 4. The number of aromatic hydroxyl groups is 4. The predicted octanol–water partition coefficient (Wildman–Crippen LogP) is 11.2. The third-order valence-corrected chi connectivity index (χ3v) is 16.1. The normalized spacial score (nSPS) is 22.0. The Morgan fingerprint density at radius 2 is 0.559 bits per heavy atom. The molecule has 68 heavy (non-hydrogen) atoms. The van der Waals surface area contributed by atoms with E-state index in [1.54, 1.807) is 0 Å². The average molecular weight is 933 g/mol. The van der Waals surface area contributed by atoms with Crippen molar-refractivity contribution in [2.75, 3.05) is 26.9 Å². The second-order valence-corrected chi connectivity index (χ2v) is 21.1. The van der Waals surface area contributed by atoms with Gasteiger partial charge in [0.1, 0.15) is 72.9 Å². The first-order valence-corrected chi connectivity index (χ1v) is 25.5. The zero-order chi connectivity index (χ0) is 48.6. The monoisotopic (exact) mass is 933 g/mol. The lowest BCUT2D eigenvalue weighted by Gasteiger charge is -2.39. The summed E-state index contributed by atoms with van der Waals surface area (Å²) in [5.41, 5.74) is 9.64. The van der Waals surface area contributed by atoms with E-state index in [1.165, 1.54) is 0 Å². The van der Waals surface area contributed by atoms with Gasteiger partial charge < -0.3 is 39.4 Å². The van der Waals surface area contributed by atoms with Crippen LogP contribution in [0.1, 0.15) is 199 Å². The first kappa shape index (κ1) is 48.2. The Labute approximate surface area is 404 Å². The highest BCUT2D eigenvalue weighted by atomic mass is 16.5. The molecule has 12 nitrogen and oxygen atoms in total. The molecule has 0 spiro atoms. The summed E-state index contributed by atoms with van der Waals surface area (Å²) in [5, 5.41) is 51.3. The molecule has 4 unspecified atom stereocenters. The second kappa shape index (κ2) is 18.8. The molecule has 4 aromatic rings. The molecular weight excluding hydrogens is 857 g/mol. The average Bonchev–Trinajstić information content (AvgIpc) is 3.33. The minimum atomic E-state index is -0.347. The van der Waals surface area contributed by atoms with Crippen LogP contribution in [0.2, 0.25) is 0 Å². The van der Waals surface area contributed by atoms with Gasteiger partial charge in [-0.15, -0.1) is 0 Å². The van der Waals surface area contributed by atoms with Crippen LogP contribution in [-0.4, -0.2) is 91.1 Å². The molecule has 4 N–H and O–H groups in total. The predicted molar refractivity (Wildman–Crippen MR) is 266 cm³/mol. The van der Waals surface area contributed by atoms with Crippen LogP contribution in [0.5, 0.6) is 46.0 Å². The van der Waals surface area contributed by atoms with Gasteiger partial charge in [-0.05, 0) is 105 Å². The summed E-state index contributed by atoms with van der Waals surface area (Å²) < 4.78 is 27.1. The summed E-state index contributed by atoms with van der Waals surface area (Å²) in [6, 6.07) is 9.21. The Hall–Kier alpha value is -4.88. The number of hydrogen-bond donors (Lipinski definition) is 4. The maximum atomic E-state index is 12.8. The molecule has 0 radical (unpaired) electrons. The lowest BCUT2D eigenvalue weighted by molar-refractivity contribution is 0.0651. The fourth-order valence-electron chi connectivity index (χ4n) is 11.7. The fraction of sp³-hybridized carbons (Fsp3) is 0.571. The smallest absolute Gasteiger partial charge is 0.142 e. The quantitative estimate of drug-likeness (QED) is 0.134. The molecule has 5 aliphatic rings. The van der Waals surface area contributed by atoms with Gasteiger partial charge in [0.25, 0.3) is 0 Å². The zero-order valence-electron chi connectivity index (χ0n) is 42.6. The van der Waals surface area contributed by atoms with E-state index in [-0.39, 0.29) is 70.8 Å². The van der Waals surface area contributed by atoms with Gasteiger partial charge >= 0.3 is 0 Å². The molecular formula is C56H76N4O8. The molecule has 0 amide bonds. The van der Waals surface area contributed by atoms with E-state index < -0.39 is 0 Å². The summed E-state index contributed by atoms with van der Waals surface area (Å²) in [6.07, 6.45) is 2.51. The first-order valence-electron chi connectivity index (χ1n) is 25.5. The number of fused-ring (bicyclic) bond motifs is 16. The Bertz CT molecular complexity index is 2220. The first-order chi connectivity index (χ1) is 32.5. The van der Waals surface area contributed by atoms with Crippen molar-refractivity contribution in [1.29, 1.82) is 0 Å². The summed E-state index contributed by atoms with van der Waals surface area (Å²) >= 11 is 0. The molecule has 0 aromatic heterocycles. The minimum absolute atomic E-state index is 0.165. The van der Waals surface area contributed by atoms with Crippen LogP contribution >= 0.6 is 0 Å². The van der Waals surface area contributed by atoms with Gasteiger partial charge in [0.15, 0.2) is 0 Å². The Kier molecular flexibility index (Phi) is 13.3. The van der Waals surface area contributed by atoms with Crippen LogP contribution in [-0.2, 0) is 26.2 Å². The van der Waals surface area contributed by atoms with Gasteiger partial charge in [-0.3, -0.25) is 19.6 Å². The minimum Gasteiger partial charge on any atom is -0.507 e. The standard InChI is InChI=1S/C56H76N4O8/c1-13-33-37-17-42(54-45(49(37)61)21-57(26-66-54)29(5)6)35(15-3)39-19-44(56-47(51(39)63)23-59(28-68-56)31(9)10)36(16-4)40-20-43(55-48(52(40)64)24-60(27-67-55)32(11)12)34(14-2)38-18-41(33)53-46(50(38)62)22-58(25-65-53)30(7)8/h17-20,29-36,61-64H,13-16,21-28H2,1-12H3. The van der Waals surface area contributed by atoms with Gasteiger partial charge in [0.2, 0.25) is 0 Å². The van der Waals surface area contributed by atoms with Gasteiger partial charge in [0.05, 0.1) is 22.3 Å². The number of benzene rings is 4. The van der Waals surface area contributed by atoms with Crippen LogP contribution in [0.4, 0.5) is 0 Å². The van der Waals surface area contributed by atoms with E-state index in [0.29, 0.717) is 102 Å². The van der Waals surface area contributed by atoms with Gasteiger partial charge in [-0.25, -0.2) is 0 Å². The molecule has 4 aliphatic heterocycles. The molecule has 9 rings (SSSR count). The molecule has 0 saturated heterocycles. The van der Waals surface area contributed by atoms with Crippen LogP contribution < -0.4 is 18.9 Å². The van der Waals surface area contributed by atoms with Gasteiger partial charge in [0, 0.05) is 119 Å². The third-order valence-electron chi connectivity index (χ3n) is 16.1. The van der Waals surface area contributed by atoms with Gasteiger partial charge in [-0.2, -0.15) is 0 Å². The largest absolute Gasteiger partial charge is 0.507 e. The van der Waals surface area contributed by atoms with Gasteiger partial charge in [-0.1, -0.05) is 27.7 Å². The lowest BCUT2D eigenvalue weighted by atomic mass is 9.75. The SMILES string of the molecule is CCC1c2cc(c3c(c2O)CN(C(C)C)CO3)C(CC)c2cc(c3c(c2O)CN(C(C)C)CO3)C(CC)c2cc(c3c(c2O)CN(C(C)C)CO3)C(CC)c2cc1c1c(c2O)CN(C(C)C)CO1. The second-order valence-electron chi connectivity index (χ2n) is 21.1. The molecule has 12 heteroatoms. The number of phenols is 4. The van der Waals surface area contributed by atoms with E-state index >= 15 is 0 Å². The summed E-state index contributed by atoms with van der Waals surface area (Å²) in [5.74, 6) is 2.06. The topological polar surface area (TPSA) is 131 Å². The molecule has 8 bridgehead atoms. The van der Waals surface area contributed by atoms with Crippen molar-refractivity contribution in [2.24, 2.45) is 0 Å². The van der Waals surface area contributed by atoms with Crippen molar-refractivity contribution in [3.8, 4) is 46.0 Å². The molecule has 368 valence electrons. The summed E-state index contributed by atoms with van der Waals surface area (Å²) in [7, 11) is 0.